The maximum Gasteiger partial charge on any atom is 0.338 e. The quantitative estimate of drug-likeness (QED) is 0.435. The number of amides is 1. The Labute approximate surface area is 165 Å². The zero-order valence-electron chi connectivity index (χ0n) is 16.9. The minimum atomic E-state index is -0.756. The molecule has 8 nitrogen and oxygen atoms in total. The molecule has 1 saturated heterocycles. The average Bonchev–Trinajstić information content (AvgIpc) is 2.65. The summed E-state index contributed by atoms with van der Waals surface area (Å²) in [5.41, 5.74) is 0.447. The van der Waals surface area contributed by atoms with Crippen LogP contribution in [0, 0.1) is 22.0 Å². The zero-order chi connectivity index (χ0) is 20.8. The van der Waals surface area contributed by atoms with Crippen LogP contribution in [0.15, 0.2) is 18.2 Å². The largest absolute Gasteiger partial charge is 0.452 e. The highest BCUT2D eigenvalue weighted by Crippen LogP contribution is 2.32. The lowest BCUT2D eigenvalue weighted by molar-refractivity contribution is -0.384. The van der Waals surface area contributed by atoms with Gasteiger partial charge in [0.25, 0.3) is 11.6 Å². The van der Waals surface area contributed by atoms with E-state index in [9.17, 15) is 19.7 Å². The van der Waals surface area contributed by atoms with Crippen LogP contribution >= 0.6 is 0 Å². The Morgan fingerprint density at radius 1 is 1.36 bits per heavy atom. The maximum absolute atomic E-state index is 12.2. The minimum Gasteiger partial charge on any atom is -0.452 e. The molecule has 1 fully saturated rings. The molecule has 1 aromatic rings. The SMILES string of the molecule is CC(C)[C@@H](C)NC(=O)COC(=O)c1ccc(N2CCC[C@H](C)C2)c([N+](=O)[O-])c1. The van der Waals surface area contributed by atoms with Crippen molar-refractivity contribution in [3.05, 3.63) is 33.9 Å². The van der Waals surface area contributed by atoms with Crippen molar-refractivity contribution in [2.24, 2.45) is 11.8 Å². The normalized spacial score (nSPS) is 17.9. The summed E-state index contributed by atoms with van der Waals surface area (Å²) in [6.07, 6.45) is 2.08. The van der Waals surface area contributed by atoms with Crippen LogP contribution in [-0.2, 0) is 9.53 Å². The highest BCUT2D eigenvalue weighted by Gasteiger charge is 2.25. The molecule has 2 rings (SSSR count). The van der Waals surface area contributed by atoms with Crippen molar-refractivity contribution in [1.29, 1.82) is 0 Å². The summed E-state index contributed by atoms with van der Waals surface area (Å²) in [5, 5.41) is 14.3. The fraction of sp³-hybridized carbons (Fsp3) is 0.600. The summed E-state index contributed by atoms with van der Waals surface area (Å²) < 4.78 is 5.02. The van der Waals surface area contributed by atoms with Gasteiger partial charge in [-0.15, -0.1) is 0 Å². The molecule has 1 heterocycles. The topological polar surface area (TPSA) is 102 Å². The molecule has 0 radical (unpaired) electrons. The van der Waals surface area contributed by atoms with Crippen LogP contribution in [0.1, 0.15) is 50.9 Å². The molecule has 0 aliphatic carbocycles. The molecule has 154 valence electrons. The number of anilines is 1. The number of nitrogens with zero attached hydrogens (tertiary/aromatic N) is 2. The van der Waals surface area contributed by atoms with Gasteiger partial charge in [-0.2, -0.15) is 0 Å². The van der Waals surface area contributed by atoms with Gasteiger partial charge in [0, 0.05) is 25.2 Å². The molecule has 0 spiro atoms. The number of rotatable bonds is 7. The second kappa shape index (κ2) is 9.52. The Hall–Kier alpha value is -2.64. The van der Waals surface area contributed by atoms with E-state index in [1.54, 1.807) is 6.07 Å². The van der Waals surface area contributed by atoms with Gasteiger partial charge >= 0.3 is 5.97 Å². The third kappa shape index (κ3) is 5.68. The lowest BCUT2D eigenvalue weighted by Crippen LogP contribution is -2.38. The smallest absolute Gasteiger partial charge is 0.338 e. The molecule has 2 atom stereocenters. The fourth-order valence-corrected chi connectivity index (χ4v) is 3.15. The number of hydrogen-bond donors (Lipinski definition) is 1. The van der Waals surface area contributed by atoms with E-state index < -0.39 is 23.4 Å². The highest BCUT2D eigenvalue weighted by molar-refractivity contribution is 5.93. The first kappa shape index (κ1) is 21.7. The molecule has 0 unspecified atom stereocenters. The van der Waals surface area contributed by atoms with Gasteiger partial charge in [-0.05, 0) is 43.7 Å². The Balaban J connectivity index is 2.07. The monoisotopic (exact) mass is 391 g/mol. The average molecular weight is 391 g/mol. The highest BCUT2D eigenvalue weighted by atomic mass is 16.6. The van der Waals surface area contributed by atoms with Gasteiger partial charge in [-0.25, -0.2) is 4.79 Å². The van der Waals surface area contributed by atoms with Gasteiger partial charge in [-0.1, -0.05) is 20.8 Å². The van der Waals surface area contributed by atoms with E-state index in [2.05, 4.69) is 12.2 Å². The van der Waals surface area contributed by atoms with Gasteiger partial charge in [0.1, 0.15) is 5.69 Å². The molecule has 1 aromatic carbocycles. The molecule has 0 saturated carbocycles. The second-order valence-electron chi connectivity index (χ2n) is 7.83. The number of esters is 1. The van der Waals surface area contributed by atoms with Gasteiger partial charge in [0.05, 0.1) is 10.5 Å². The number of carbonyl (C=O) groups excluding carboxylic acids is 2. The van der Waals surface area contributed by atoms with Crippen molar-refractivity contribution < 1.29 is 19.2 Å². The van der Waals surface area contributed by atoms with Crippen LogP contribution in [0.3, 0.4) is 0 Å². The lowest BCUT2D eigenvalue weighted by atomic mass is 9.99. The molecule has 28 heavy (non-hydrogen) atoms. The third-order valence-electron chi connectivity index (χ3n) is 5.13. The first-order valence-electron chi connectivity index (χ1n) is 9.69. The number of nitro groups is 1. The Morgan fingerprint density at radius 3 is 2.68 bits per heavy atom. The number of benzene rings is 1. The van der Waals surface area contributed by atoms with Crippen LogP contribution in [0.4, 0.5) is 11.4 Å². The molecule has 1 aliphatic heterocycles. The zero-order valence-corrected chi connectivity index (χ0v) is 16.9. The Bertz CT molecular complexity index is 735. The van der Waals surface area contributed by atoms with E-state index in [4.69, 9.17) is 4.74 Å². The molecular weight excluding hydrogens is 362 g/mol. The number of ether oxygens (including phenoxy) is 1. The fourth-order valence-electron chi connectivity index (χ4n) is 3.15. The number of hydrogen-bond acceptors (Lipinski definition) is 6. The van der Waals surface area contributed by atoms with Crippen molar-refractivity contribution in [3.63, 3.8) is 0 Å². The van der Waals surface area contributed by atoms with Crippen LogP contribution in [-0.4, -0.2) is 42.5 Å². The number of carbonyl (C=O) groups is 2. The summed E-state index contributed by atoms with van der Waals surface area (Å²) in [5.74, 6) is -0.436. The standard InChI is InChI=1S/C20H29N3O5/c1-13(2)15(4)21-19(24)12-28-20(25)16-7-8-17(18(10-16)23(26)27)22-9-5-6-14(3)11-22/h7-8,10,13-15H,5-6,9,11-12H2,1-4H3,(H,21,24)/t14-,15+/m0/s1. The van der Waals surface area contributed by atoms with Crippen LogP contribution in [0.5, 0.6) is 0 Å². The second-order valence-corrected chi connectivity index (χ2v) is 7.83. The molecule has 1 amide bonds. The van der Waals surface area contributed by atoms with Crippen molar-refractivity contribution in [1.82, 2.24) is 5.32 Å². The van der Waals surface area contributed by atoms with Gasteiger partial charge in [0.15, 0.2) is 6.61 Å². The van der Waals surface area contributed by atoms with Gasteiger partial charge in [-0.3, -0.25) is 14.9 Å². The first-order valence-corrected chi connectivity index (χ1v) is 9.69. The summed E-state index contributed by atoms with van der Waals surface area (Å²) in [6, 6.07) is 4.29. The van der Waals surface area contributed by atoms with E-state index in [-0.39, 0.29) is 23.2 Å². The van der Waals surface area contributed by atoms with E-state index in [1.807, 2.05) is 25.7 Å². The van der Waals surface area contributed by atoms with Crippen LogP contribution in [0.2, 0.25) is 0 Å². The van der Waals surface area contributed by atoms with E-state index in [0.29, 0.717) is 11.6 Å². The molecule has 0 bridgehead atoms. The van der Waals surface area contributed by atoms with E-state index >= 15 is 0 Å². The van der Waals surface area contributed by atoms with Crippen molar-refractivity contribution >= 4 is 23.3 Å². The summed E-state index contributed by atoms with van der Waals surface area (Å²) in [6.45, 7) is 9.02. The summed E-state index contributed by atoms with van der Waals surface area (Å²) in [7, 11) is 0. The van der Waals surface area contributed by atoms with Gasteiger partial charge in [0.2, 0.25) is 0 Å². The van der Waals surface area contributed by atoms with Crippen molar-refractivity contribution in [3.8, 4) is 0 Å². The molecular formula is C20H29N3O5. The summed E-state index contributed by atoms with van der Waals surface area (Å²) >= 11 is 0. The third-order valence-corrected chi connectivity index (χ3v) is 5.13. The predicted molar refractivity (Wildman–Crippen MR) is 106 cm³/mol. The molecule has 1 N–H and O–H groups in total. The maximum atomic E-state index is 12.2. The number of piperidine rings is 1. The van der Waals surface area contributed by atoms with Crippen molar-refractivity contribution in [2.45, 2.75) is 46.6 Å². The van der Waals surface area contributed by atoms with Crippen molar-refractivity contribution in [2.75, 3.05) is 24.6 Å². The molecule has 0 aromatic heterocycles. The predicted octanol–water partition coefficient (Wildman–Crippen LogP) is 3.15. The van der Waals surface area contributed by atoms with Crippen LogP contribution < -0.4 is 10.2 Å². The van der Waals surface area contributed by atoms with Crippen LogP contribution in [0.25, 0.3) is 0 Å². The Kier molecular flexibility index (Phi) is 7.37. The van der Waals surface area contributed by atoms with Gasteiger partial charge < -0.3 is 15.0 Å². The van der Waals surface area contributed by atoms with E-state index in [0.717, 1.165) is 25.9 Å². The number of nitrogens with one attached hydrogen (secondary N) is 1. The molecule has 1 aliphatic rings. The molecule has 8 heteroatoms. The minimum absolute atomic E-state index is 0.0430. The van der Waals surface area contributed by atoms with E-state index in [1.165, 1.54) is 12.1 Å². The summed E-state index contributed by atoms with van der Waals surface area (Å²) in [4.78, 5) is 37.1. The first-order chi connectivity index (χ1) is 13.2. The Morgan fingerprint density at radius 2 is 2.07 bits per heavy atom. The lowest BCUT2D eigenvalue weighted by Gasteiger charge is -2.32. The number of nitro benzene ring substituents is 1.